The van der Waals surface area contributed by atoms with Crippen molar-refractivity contribution in [2.75, 3.05) is 0 Å². The summed E-state index contributed by atoms with van der Waals surface area (Å²) in [6, 6.07) is -2.27. The molecule has 0 saturated heterocycles. The van der Waals surface area contributed by atoms with Gasteiger partial charge >= 0.3 is 18.1 Å². The Morgan fingerprint density at radius 3 is 1.94 bits per heavy atom. The lowest BCUT2D eigenvalue weighted by atomic mass is 10.1. The first kappa shape index (κ1) is 14.7. The number of carbonyl (C=O) groups is 2. The highest BCUT2D eigenvalue weighted by atomic mass is 19.4. The molecule has 0 aromatic carbocycles. The third-order valence-corrected chi connectivity index (χ3v) is 2.04. The molecule has 1 atom stereocenters. The van der Waals surface area contributed by atoms with Crippen molar-refractivity contribution in [2.24, 2.45) is 0 Å². The van der Waals surface area contributed by atoms with Gasteiger partial charge in [-0.2, -0.15) is 13.2 Å². The maximum Gasteiger partial charge on any atom is 0.471 e. The van der Waals surface area contributed by atoms with E-state index in [-0.39, 0.29) is 6.42 Å². The molecule has 1 unspecified atom stereocenters. The summed E-state index contributed by atoms with van der Waals surface area (Å²) >= 11 is 0. The van der Waals surface area contributed by atoms with Crippen molar-refractivity contribution >= 4 is 11.9 Å². The second-order valence-corrected chi connectivity index (χ2v) is 3.57. The molecule has 7 heteroatoms. The number of hydrogen-bond acceptors (Lipinski definition) is 2. The standard InChI is InChI=1S/C9H14F3NO3/c1-4-6(7(14)15)13(5(2)3)8(16)9(10,11)12/h5-6H,4H2,1-3H3,(H,14,15). The van der Waals surface area contributed by atoms with Crippen LogP contribution in [0.2, 0.25) is 0 Å². The first-order valence-corrected chi connectivity index (χ1v) is 4.75. The normalized spacial score (nSPS) is 13.7. The van der Waals surface area contributed by atoms with Gasteiger partial charge in [0.25, 0.3) is 0 Å². The second kappa shape index (κ2) is 5.18. The van der Waals surface area contributed by atoms with Gasteiger partial charge in [0, 0.05) is 6.04 Å². The molecule has 0 aliphatic rings. The molecular weight excluding hydrogens is 227 g/mol. The highest BCUT2D eigenvalue weighted by Crippen LogP contribution is 2.22. The number of amides is 1. The molecule has 0 spiro atoms. The quantitative estimate of drug-likeness (QED) is 0.814. The smallest absolute Gasteiger partial charge is 0.471 e. The molecular formula is C9H14F3NO3. The number of halogens is 3. The van der Waals surface area contributed by atoms with Gasteiger partial charge in [0.05, 0.1) is 0 Å². The minimum atomic E-state index is -5.05. The molecule has 0 aliphatic carbocycles. The van der Waals surface area contributed by atoms with Crippen LogP contribution in [0.5, 0.6) is 0 Å². The predicted molar refractivity (Wildman–Crippen MR) is 49.8 cm³/mol. The first-order chi connectivity index (χ1) is 7.12. The number of hydrogen-bond donors (Lipinski definition) is 1. The molecule has 0 bridgehead atoms. The largest absolute Gasteiger partial charge is 0.480 e. The van der Waals surface area contributed by atoms with Crippen LogP contribution in [-0.2, 0) is 9.59 Å². The molecule has 0 aromatic rings. The van der Waals surface area contributed by atoms with Gasteiger partial charge in [-0.25, -0.2) is 4.79 Å². The van der Waals surface area contributed by atoms with E-state index in [4.69, 9.17) is 5.11 Å². The van der Waals surface area contributed by atoms with Crippen molar-refractivity contribution in [3.8, 4) is 0 Å². The fourth-order valence-corrected chi connectivity index (χ4v) is 1.37. The van der Waals surface area contributed by atoms with Gasteiger partial charge < -0.3 is 10.0 Å². The van der Waals surface area contributed by atoms with E-state index in [2.05, 4.69) is 0 Å². The molecule has 0 saturated carbocycles. The van der Waals surface area contributed by atoms with Gasteiger partial charge in [0.2, 0.25) is 0 Å². The van der Waals surface area contributed by atoms with E-state index in [1.54, 1.807) is 0 Å². The van der Waals surface area contributed by atoms with E-state index in [0.29, 0.717) is 4.90 Å². The SMILES string of the molecule is CCC(C(=O)O)N(C(=O)C(F)(F)F)C(C)C. The second-order valence-electron chi connectivity index (χ2n) is 3.57. The molecule has 4 nitrogen and oxygen atoms in total. The molecule has 0 rings (SSSR count). The summed E-state index contributed by atoms with van der Waals surface area (Å²) in [5.41, 5.74) is 0. The number of carbonyl (C=O) groups excluding carboxylic acids is 1. The molecule has 0 fully saturated rings. The molecule has 0 heterocycles. The van der Waals surface area contributed by atoms with E-state index in [9.17, 15) is 22.8 Å². The van der Waals surface area contributed by atoms with Crippen LogP contribution >= 0.6 is 0 Å². The van der Waals surface area contributed by atoms with Crippen LogP contribution in [0.25, 0.3) is 0 Å². The molecule has 94 valence electrons. The van der Waals surface area contributed by atoms with Crippen molar-refractivity contribution in [3.05, 3.63) is 0 Å². The molecule has 0 radical (unpaired) electrons. The Kier molecular flexibility index (Phi) is 4.77. The van der Waals surface area contributed by atoms with E-state index < -0.39 is 30.1 Å². The zero-order chi connectivity index (χ0) is 13.1. The number of carboxylic acid groups (broad SMARTS) is 1. The number of rotatable bonds is 4. The molecule has 0 aliphatic heterocycles. The monoisotopic (exact) mass is 241 g/mol. The third kappa shape index (κ3) is 3.39. The van der Waals surface area contributed by atoms with Gasteiger partial charge in [-0.05, 0) is 20.3 Å². The Morgan fingerprint density at radius 1 is 1.31 bits per heavy atom. The minimum absolute atomic E-state index is 0.0741. The zero-order valence-corrected chi connectivity index (χ0v) is 9.21. The van der Waals surface area contributed by atoms with Gasteiger partial charge in [-0.3, -0.25) is 4.79 Å². The van der Waals surface area contributed by atoms with Crippen molar-refractivity contribution < 1.29 is 27.9 Å². The van der Waals surface area contributed by atoms with Gasteiger partial charge in [-0.15, -0.1) is 0 Å². The average molecular weight is 241 g/mol. The van der Waals surface area contributed by atoms with Crippen LogP contribution in [0.4, 0.5) is 13.2 Å². The third-order valence-electron chi connectivity index (χ3n) is 2.04. The predicted octanol–water partition coefficient (Wildman–Crippen LogP) is 1.65. The molecule has 0 aromatic heterocycles. The van der Waals surface area contributed by atoms with E-state index in [0.717, 1.165) is 0 Å². The molecule has 1 N–H and O–H groups in total. The molecule has 16 heavy (non-hydrogen) atoms. The summed E-state index contributed by atoms with van der Waals surface area (Å²) < 4.78 is 36.7. The summed E-state index contributed by atoms with van der Waals surface area (Å²) in [5.74, 6) is -3.55. The summed E-state index contributed by atoms with van der Waals surface area (Å²) in [4.78, 5) is 22.1. The summed E-state index contributed by atoms with van der Waals surface area (Å²) in [6.45, 7) is 4.10. The van der Waals surface area contributed by atoms with Crippen LogP contribution in [0.3, 0.4) is 0 Å². The number of aliphatic carboxylic acids is 1. The Bertz CT molecular complexity index is 276. The Labute approximate surface area is 91.0 Å². The summed E-state index contributed by atoms with van der Waals surface area (Å²) in [6.07, 6.45) is -5.12. The number of carboxylic acids is 1. The fraction of sp³-hybridized carbons (Fsp3) is 0.778. The first-order valence-electron chi connectivity index (χ1n) is 4.75. The van der Waals surface area contributed by atoms with Crippen LogP contribution < -0.4 is 0 Å². The van der Waals surface area contributed by atoms with Gasteiger partial charge in [-0.1, -0.05) is 6.92 Å². The number of alkyl halides is 3. The van der Waals surface area contributed by atoms with Crippen LogP contribution in [0.15, 0.2) is 0 Å². The van der Waals surface area contributed by atoms with Crippen molar-refractivity contribution in [1.82, 2.24) is 4.90 Å². The lowest BCUT2D eigenvalue weighted by Crippen LogP contribution is -2.53. The van der Waals surface area contributed by atoms with Crippen molar-refractivity contribution in [3.63, 3.8) is 0 Å². The van der Waals surface area contributed by atoms with E-state index in [1.165, 1.54) is 20.8 Å². The van der Waals surface area contributed by atoms with Crippen molar-refractivity contribution in [2.45, 2.75) is 45.5 Å². The number of nitrogens with zero attached hydrogens (tertiary/aromatic N) is 1. The summed E-state index contributed by atoms with van der Waals surface area (Å²) in [5, 5.41) is 8.75. The van der Waals surface area contributed by atoms with Gasteiger partial charge in [0.1, 0.15) is 6.04 Å². The maximum atomic E-state index is 12.2. The van der Waals surface area contributed by atoms with Gasteiger partial charge in [0.15, 0.2) is 0 Å². The zero-order valence-electron chi connectivity index (χ0n) is 9.21. The van der Waals surface area contributed by atoms with E-state index >= 15 is 0 Å². The minimum Gasteiger partial charge on any atom is -0.480 e. The summed E-state index contributed by atoms with van der Waals surface area (Å²) in [7, 11) is 0. The highest BCUT2D eigenvalue weighted by molar-refractivity contribution is 5.87. The average Bonchev–Trinajstić information content (AvgIpc) is 2.09. The molecule has 1 amide bonds. The lowest BCUT2D eigenvalue weighted by Gasteiger charge is -2.32. The highest BCUT2D eigenvalue weighted by Gasteiger charge is 2.46. The lowest BCUT2D eigenvalue weighted by molar-refractivity contribution is -0.192. The topological polar surface area (TPSA) is 57.6 Å². The Hall–Kier alpha value is -1.27. The van der Waals surface area contributed by atoms with Crippen LogP contribution in [0.1, 0.15) is 27.2 Å². The maximum absolute atomic E-state index is 12.2. The Balaban J connectivity index is 5.15. The fourth-order valence-electron chi connectivity index (χ4n) is 1.37. The van der Waals surface area contributed by atoms with Crippen LogP contribution in [-0.4, -0.2) is 40.1 Å². The Morgan fingerprint density at radius 2 is 1.75 bits per heavy atom. The van der Waals surface area contributed by atoms with E-state index in [1.807, 2.05) is 0 Å². The van der Waals surface area contributed by atoms with Crippen molar-refractivity contribution in [1.29, 1.82) is 0 Å². The van der Waals surface area contributed by atoms with Crippen LogP contribution in [0, 0.1) is 0 Å².